The van der Waals surface area contributed by atoms with E-state index in [9.17, 15) is 9.59 Å². The van der Waals surface area contributed by atoms with Crippen molar-refractivity contribution in [3.63, 3.8) is 0 Å². The van der Waals surface area contributed by atoms with Crippen LogP contribution in [-0.4, -0.2) is 73.2 Å². The van der Waals surface area contributed by atoms with E-state index in [1.807, 2.05) is 88.9 Å². The summed E-state index contributed by atoms with van der Waals surface area (Å²) in [5.74, 6) is 2.10. The van der Waals surface area contributed by atoms with Gasteiger partial charge in [-0.15, -0.1) is 10.2 Å². The molecular formula is C36H47N7O5. The largest absolute Gasteiger partial charge is 0.467 e. The third-order valence-corrected chi connectivity index (χ3v) is 7.85. The minimum Gasteiger partial charge on any atom is -0.467 e. The molecule has 0 saturated carbocycles. The molecule has 0 bridgehead atoms. The van der Waals surface area contributed by atoms with Crippen LogP contribution in [0.3, 0.4) is 0 Å². The molecule has 4 heterocycles. The Bertz CT molecular complexity index is 1670. The van der Waals surface area contributed by atoms with Crippen LogP contribution in [0.25, 0.3) is 11.5 Å². The van der Waals surface area contributed by atoms with Gasteiger partial charge in [0.15, 0.2) is 0 Å². The van der Waals surface area contributed by atoms with Gasteiger partial charge in [-0.25, -0.2) is 14.8 Å². The Kier molecular flexibility index (Phi) is 10.2. The van der Waals surface area contributed by atoms with Crippen LogP contribution in [0.1, 0.15) is 95.6 Å². The second-order valence-corrected chi connectivity index (χ2v) is 14.8. The van der Waals surface area contributed by atoms with E-state index in [4.69, 9.17) is 18.6 Å². The van der Waals surface area contributed by atoms with Gasteiger partial charge in [-0.05, 0) is 57.4 Å². The number of aromatic nitrogens is 4. The van der Waals surface area contributed by atoms with Gasteiger partial charge in [-0.1, -0.05) is 52.8 Å². The summed E-state index contributed by atoms with van der Waals surface area (Å²) in [5, 5.41) is 12.0. The topological polar surface area (TPSA) is 140 Å². The highest BCUT2D eigenvalue weighted by Gasteiger charge is 2.40. The second-order valence-electron chi connectivity index (χ2n) is 14.8. The molecule has 0 spiro atoms. The lowest BCUT2D eigenvalue weighted by Crippen LogP contribution is -2.55. The standard InChI is InChI=1S/C36H47N7O5/c1-23(2)20-43(32(44)28-19-38-33(35(3,4)5)39-29(28)37-18-27-15-12-16-46-27)26-17-25(21-42(22-26)34(45)48-36(6,7)8)31-41-40-30(47-31)24-13-10-9-11-14-24/h9-16,19,23,25-26H,17-18,20-22H2,1-8H3,(H,37,38,39). The first kappa shape index (κ1) is 34.6. The molecule has 3 aromatic heterocycles. The van der Waals surface area contributed by atoms with Crippen molar-refractivity contribution in [2.24, 2.45) is 5.92 Å². The first-order chi connectivity index (χ1) is 22.7. The first-order valence-electron chi connectivity index (χ1n) is 16.5. The number of benzene rings is 1. The fraction of sp³-hybridized carbons (Fsp3) is 0.500. The van der Waals surface area contributed by atoms with Crippen LogP contribution in [0.5, 0.6) is 0 Å². The Hall–Kier alpha value is -4.74. The van der Waals surface area contributed by atoms with Gasteiger partial charge < -0.3 is 28.7 Å². The summed E-state index contributed by atoms with van der Waals surface area (Å²) in [7, 11) is 0. The molecule has 12 heteroatoms. The van der Waals surface area contributed by atoms with E-state index in [0.717, 1.165) is 5.56 Å². The predicted octanol–water partition coefficient (Wildman–Crippen LogP) is 6.92. The summed E-state index contributed by atoms with van der Waals surface area (Å²) in [5.41, 5.74) is 0.106. The van der Waals surface area contributed by atoms with E-state index in [1.165, 1.54) is 0 Å². The molecule has 1 N–H and O–H groups in total. The Labute approximate surface area is 282 Å². The summed E-state index contributed by atoms with van der Waals surface area (Å²) in [6, 6.07) is 12.8. The van der Waals surface area contributed by atoms with Crippen molar-refractivity contribution in [1.82, 2.24) is 30.0 Å². The minimum atomic E-state index is -0.696. The molecule has 2 amide bonds. The Morgan fingerprint density at radius 1 is 1.04 bits per heavy atom. The Balaban J connectivity index is 1.50. The molecule has 48 heavy (non-hydrogen) atoms. The molecule has 2 atom stereocenters. The SMILES string of the molecule is CC(C)CN(C(=O)c1cnc(C(C)(C)C)nc1NCc1ccco1)C1CC(c2nnc(-c3ccccc3)o2)CN(C(=O)OC(C)(C)C)C1. The normalized spacial score (nSPS) is 17.0. The highest BCUT2D eigenvalue weighted by atomic mass is 16.6. The molecule has 256 valence electrons. The number of hydrogen-bond acceptors (Lipinski definition) is 10. The van der Waals surface area contributed by atoms with Gasteiger partial charge in [0, 0.05) is 36.8 Å². The van der Waals surface area contributed by atoms with Crippen molar-refractivity contribution < 1.29 is 23.2 Å². The van der Waals surface area contributed by atoms with E-state index in [1.54, 1.807) is 17.4 Å². The van der Waals surface area contributed by atoms with Crippen LogP contribution in [0.15, 0.2) is 63.8 Å². The minimum absolute atomic E-state index is 0.131. The zero-order valence-corrected chi connectivity index (χ0v) is 29.2. The average molecular weight is 658 g/mol. The second kappa shape index (κ2) is 14.2. The monoisotopic (exact) mass is 657 g/mol. The molecular weight excluding hydrogens is 610 g/mol. The molecule has 5 rings (SSSR count). The number of hydrogen-bond donors (Lipinski definition) is 1. The lowest BCUT2D eigenvalue weighted by Gasteiger charge is -2.42. The van der Waals surface area contributed by atoms with Gasteiger partial charge >= 0.3 is 6.09 Å². The number of piperidine rings is 1. The van der Waals surface area contributed by atoms with E-state index in [-0.39, 0.29) is 29.7 Å². The number of amides is 2. The number of ether oxygens (including phenoxy) is 1. The summed E-state index contributed by atoms with van der Waals surface area (Å²) in [4.78, 5) is 41.1. The predicted molar refractivity (Wildman–Crippen MR) is 181 cm³/mol. The molecule has 1 fully saturated rings. The maximum Gasteiger partial charge on any atom is 0.410 e. The fourth-order valence-electron chi connectivity index (χ4n) is 5.61. The number of rotatable bonds is 9. The van der Waals surface area contributed by atoms with Crippen molar-refractivity contribution in [2.45, 2.75) is 91.3 Å². The van der Waals surface area contributed by atoms with Crippen LogP contribution in [0, 0.1) is 5.92 Å². The summed E-state index contributed by atoms with van der Waals surface area (Å²) < 4.78 is 17.5. The third-order valence-electron chi connectivity index (χ3n) is 7.85. The van der Waals surface area contributed by atoms with Gasteiger partial charge in [0.25, 0.3) is 5.91 Å². The number of nitrogens with zero attached hydrogens (tertiary/aromatic N) is 6. The van der Waals surface area contributed by atoms with Crippen molar-refractivity contribution in [3.8, 4) is 11.5 Å². The lowest BCUT2D eigenvalue weighted by molar-refractivity contribution is 0.00519. The van der Waals surface area contributed by atoms with E-state index < -0.39 is 17.7 Å². The molecule has 1 aliphatic rings. The van der Waals surface area contributed by atoms with E-state index >= 15 is 0 Å². The van der Waals surface area contributed by atoms with Crippen LogP contribution in [0.2, 0.25) is 0 Å². The Morgan fingerprint density at radius 3 is 2.44 bits per heavy atom. The molecule has 1 saturated heterocycles. The van der Waals surface area contributed by atoms with Gasteiger partial charge in [0.1, 0.15) is 28.6 Å². The van der Waals surface area contributed by atoms with Crippen molar-refractivity contribution >= 4 is 17.8 Å². The van der Waals surface area contributed by atoms with Crippen LogP contribution in [0.4, 0.5) is 10.6 Å². The fourth-order valence-corrected chi connectivity index (χ4v) is 5.61. The number of carbonyl (C=O) groups excluding carboxylic acids is 2. The van der Waals surface area contributed by atoms with Crippen LogP contribution >= 0.6 is 0 Å². The summed E-state index contributed by atoms with van der Waals surface area (Å²) >= 11 is 0. The van der Waals surface area contributed by atoms with Crippen molar-refractivity contribution in [3.05, 3.63) is 78.0 Å². The number of anilines is 1. The highest BCUT2D eigenvalue weighted by Crippen LogP contribution is 2.33. The summed E-state index contributed by atoms with van der Waals surface area (Å²) in [6.45, 7) is 17.1. The zero-order chi connectivity index (χ0) is 34.6. The number of furan rings is 1. The van der Waals surface area contributed by atoms with Gasteiger partial charge in [-0.2, -0.15) is 0 Å². The first-order valence-corrected chi connectivity index (χ1v) is 16.5. The molecule has 1 aromatic carbocycles. The molecule has 0 aliphatic carbocycles. The average Bonchev–Trinajstić information content (AvgIpc) is 3.74. The summed E-state index contributed by atoms with van der Waals surface area (Å²) in [6.07, 6.45) is 3.25. The van der Waals surface area contributed by atoms with Crippen LogP contribution < -0.4 is 5.32 Å². The lowest BCUT2D eigenvalue weighted by atomic mass is 9.92. The van der Waals surface area contributed by atoms with E-state index in [0.29, 0.717) is 60.8 Å². The molecule has 4 aromatic rings. The van der Waals surface area contributed by atoms with E-state index in [2.05, 4.69) is 34.3 Å². The maximum atomic E-state index is 14.7. The quantitative estimate of drug-likeness (QED) is 0.202. The molecule has 2 unspecified atom stereocenters. The smallest absolute Gasteiger partial charge is 0.410 e. The Morgan fingerprint density at radius 2 is 1.79 bits per heavy atom. The number of carbonyl (C=O) groups is 2. The van der Waals surface area contributed by atoms with Crippen LogP contribution in [-0.2, 0) is 16.7 Å². The van der Waals surface area contributed by atoms with Gasteiger partial charge in [0.05, 0.1) is 24.8 Å². The highest BCUT2D eigenvalue weighted by molar-refractivity contribution is 5.98. The number of likely N-dealkylation sites (tertiary alicyclic amines) is 1. The molecule has 12 nitrogen and oxygen atoms in total. The third kappa shape index (κ3) is 8.59. The van der Waals surface area contributed by atoms with Gasteiger partial charge in [0.2, 0.25) is 11.8 Å². The molecule has 0 radical (unpaired) electrons. The van der Waals surface area contributed by atoms with Gasteiger partial charge in [-0.3, -0.25) is 4.79 Å². The molecule has 1 aliphatic heterocycles. The van der Waals surface area contributed by atoms with Crippen molar-refractivity contribution in [2.75, 3.05) is 25.0 Å². The number of nitrogens with one attached hydrogen (secondary N) is 1. The zero-order valence-electron chi connectivity index (χ0n) is 29.2. The van der Waals surface area contributed by atoms with Crippen molar-refractivity contribution in [1.29, 1.82) is 0 Å². The maximum absolute atomic E-state index is 14.7.